The SMILES string of the molecule is C=C(CN1CCOCC1)C(=O)NCc1ccccc1.CCN1C(=O)C(NC(=O)c2cccc(C(F)(F)F)c2)Cc2cnn(-c3ccccc3)c21. The van der Waals surface area contributed by atoms with E-state index in [9.17, 15) is 27.6 Å². The van der Waals surface area contributed by atoms with Crippen LogP contribution in [0, 0.1) is 0 Å². The van der Waals surface area contributed by atoms with Crippen LogP contribution in [0.25, 0.3) is 5.69 Å². The fraction of sp³-hybridized carbons (Fsp3) is 0.297. The van der Waals surface area contributed by atoms with Gasteiger partial charge in [-0.15, -0.1) is 0 Å². The second-order valence-electron chi connectivity index (χ2n) is 11.8. The fourth-order valence-corrected chi connectivity index (χ4v) is 5.67. The molecule has 0 radical (unpaired) electrons. The number of aromatic nitrogens is 2. The lowest BCUT2D eigenvalue weighted by Crippen LogP contribution is -2.53. The number of carbonyl (C=O) groups is 3. The molecule has 2 N–H and O–H groups in total. The molecule has 262 valence electrons. The summed E-state index contributed by atoms with van der Waals surface area (Å²) in [7, 11) is 0. The Bertz CT molecular complexity index is 1790. The zero-order chi connectivity index (χ0) is 35.7. The molecule has 1 unspecified atom stereocenters. The molecule has 0 bridgehead atoms. The van der Waals surface area contributed by atoms with Crippen molar-refractivity contribution in [3.8, 4) is 5.69 Å². The Labute approximate surface area is 288 Å². The van der Waals surface area contributed by atoms with Gasteiger partial charge in [-0.3, -0.25) is 24.2 Å². The Balaban J connectivity index is 0.000000219. The van der Waals surface area contributed by atoms with Crippen molar-refractivity contribution in [2.24, 2.45) is 0 Å². The number of fused-ring (bicyclic) bond motifs is 1. The number of amides is 3. The van der Waals surface area contributed by atoms with E-state index >= 15 is 0 Å². The molecule has 2 aliphatic heterocycles. The highest BCUT2D eigenvalue weighted by atomic mass is 19.4. The Kier molecular flexibility index (Phi) is 11.8. The largest absolute Gasteiger partial charge is 0.416 e. The number of para-hydroxylation sites is 1. The standard InChI is InChI=1S/C22H19F3N4O2.C15H20N2O2/c1-2-28-20-15(13-26-29(20)17-9-4-3-5-10-17)12-18(21(28)31)27-19(30)14-7-6-8-16(11-14)22(23,24)25;1-13(12-17-7-9-19-10-8-17)15(18)16-11-14-5-3-2-4-6-14/h3-11,13,18H,2,12H2,1H3,(H,27,30);2-6H,1,7-12H2,(H,16,18). The third-order valence-electron chi connectivity index (χ3n) is 8.27. The highest BCUT2D eigenvalue weighted by Crippen LogP contribution is 2.31. The van der Waals surface area contributed by atoms with Gasteiger partial charge in [0.05, 0.1) is 30.7 Å². The first-order valence-electron chi connectivity index (χ1n) is 16.3. The summed E-state index contributed by atoms with van der Waals surface area (Å²) in [6.45, 7) is 10.4. The number of carbonyl (C=O) groups excluding carboxylic acids is 3. The topological polar surface area (TPSA) is 109 Å². The summed E-state index contributed by atoms with van der Waals surface area (Å²) in [6.07, 6.45) is -2.72. The number of hydrogen-bond donors (Lipinski definition) is 2. The molecule has 4 aromatic rings. The maximum atomic E-state index is 13.1. The molecule has 2 aliphatic rings. The summed E-state index contributed by atoms with van der Waals surface area (Å²) in [5.41, 5.74) is 2.18. The van der Waals surface area contributed by atoms with Gasteiger partial charge in [-0.25, -0.2) is 4.68 Å². The van der Waals surface area contributed by atoms with Crippen LogP contribution in [0.4, 0.5) is 19.0 Å². The lowest BCUT2D eigenvalue weighted by Gasteiger charge is -2.32. The average molecular weight is 689 g/mol. The summed E-state index contributed by atoms with van der Waals surface area (Å²) >= 11 is 0. The van der Waals surface area contributed by atoms with Gasteiger partial charge in [0.2, 0.25) is 5.91 Å². The molecular weight excluding hydrogens is 649 g/mol. The number of ether oxygens (including phenoxy) is 1. The van der Waals surface area contributed by atoms with Crippen LogP contribution in [0.2, 0.25) is 0 Å². The van der Waals surface area contributed by atoms with Gasteiger partial charge in [0.1, 0.15) is 11.9 Å². The van der Waals surface area contributed by atoms with Crippen molar-refractivity contribution in [2.45, 2.75) is 32.1 Å². The van der Waals surface area contributed by atoms with Gasteiger partial charge in [0, 0.05) is 55.8 Å². The number of morpholine rings is 1. The second kappa shape index (κ2) is 16.4. The first kappa shape index (κ1) is 36.0. The van der Waals surface area contributed by atoms with E-state index in [2.05, 4.69) is 27.2 Å². The number of nitrogens with zero attached hydrogens (tertiary/aromatic N) is 4. The van der Waals surface area contributed by atoms with E-state index in [1.54, 1.807) is 17.8 Å². The molecule has 0 spiro atoms. The summed E-state index contributed by atoms with van der Waals surface area (Å²) in [5.74, 6) is -0.522. The summed E-state index contributed by atoms with van der Waals surface area (Å²) in [6, 6.07) is 22.4. The zero-order valence-corrected chi connectivity index (χ0v) is 27.7. The smallest absolute Gasteiger partial charge is 0.379 e. The average Bonchev–Trinajstić information content (AvgIpc) is 3.55. The highest BCUT2D eigenvalue weighted by molar-refractivity contribution is 6.04. The maximum Gasteiger partial charge on any atom is 0.416 e. The van der Waals surface area contributed by atoms with Crippen molar-refractivity contribution in [3.63, 3.8) is 0 Å². The van der Waals surface area contributed by atoms with Gasteiger partial charge in [0.25, 0.3) is 11.8 Å². The molecule has 1 fully saturated rings. The molecule has 13 heteroatoms. The van der Waals surface area contributed by atoms with Crippen molar-refractivity contribution in [1.29, 1.82) is 0 Å². The van der Waals surface area contributed by atoms with Gasteiger partial charge in [0.15, 0.2) is 0 Å². The van der Waals surface area contributed by atoms with Gasteiger partial charge < -0.3 is 15.4 Å². The normalized spacial score (nSPS) is 16.1. The summed E-state index contributed by atoms with van der Waals surface area (Å²) < 4.78 is 45.8. The third-order valence-corrected chi connectivity index (χ3v) is 8.27. The number of anilines is 1. The molecule has 3 heterocycles. The Hall–Kier alpha value is -5.27. The molecule has 6 rings (SSSR count). The minimum absolute atomic E-state index is 0.0738. The number of likely N-dealkylation sites (N-methyl/N-ethyl adjacent to an activating group) is 1. The first-order valence-corrected chi connectivity index (χ1v) is 16.3. The lowest BCUT2D eigenvalue weighted by molar-refractivity contribution is -0.137. The van der Waals surface area contributed by atoms with Gasteiger partial charge in [-0.05, 0) is 42.8 Å². The van der Waals surface area contributed by atoms with Crippen LogP contribution in [-0.2, 0) is 33.5 Å². The van der Waals surface area contributed by atoms with E-state index < -0.39 is 23.7 Å². The number of rotatable bonds is 9. The molecule has 1 atom stereocenters. The van der Waals surface area contributed by atoms with E-state index in [-0.39, 0.29) is 23.8 Å². The quantitative estimate of drug-likeness (QED) is 0.245. The van der Waals surface area contributed by atoms with E-state index in [4.69, 9.17) is 4.74 Å². The van der Waals surface area contributed by atoms with Crippen molar-refractivity contribution in [2.75, 3.05) is 44.3 Å². The number of alkyl halides is 3. The van der Waals surface area contributed by atoms with Crippen molar-refractivity contribution in [1.82, 2.24) is 25.3 Å². The zero-order valence-electron chi connectivity index (χ0n) is 27.7. The van der Waals surface area contributed by atoms with Crippen molar-refractivity contribution >= 4 is 23.5 Å². The third kappa shape index (κ3) is 9.04. The molecule has 10 nitrogen and oxygen atoms in total. The van der Waals surface area contributed by atoms with Crippen LogP contribution >= 0.6 is 0 Å². The van der Waals surface area contributed by atoms with Crippen LogP contribution in [0.1, 0.15) is 34.0 Å². The number of halogens is 3. The molecule has 1 aromatic heterocycles. The summed E-state index contributed by atoms with van der Waals surface area (Å²) in [5, 5.41) is 9.87. The second-order valence-corrected chi connectivity index (χ2v) is 11.8. The molecular formula is C37H39F3N6O4. The molecule has 50 heavy (non-hydrogen) atoms. The predicted molar refractivity (Wildman–Crippen MR) is 183 cm³/mol. The van der Waals surface area contributed by atoms with Crippen molar-refractivity contribution < 1.29 is 32.3 Å². The minimum Gasteiger partial charge on any atom is -0.379 e. The number of nitrogens with one attached hydrogen (secondary N) is 2. The first-order chi connectivity index (χ1) is 24.0. The van der Waals surface area contributed by atoms with Crippen LogP contribution in [0.5, 0.6) is 0 Å². The van der Waals surface area contributed by atoms with Gasteiger partial charge in [-0.1, -0.05) is 61.2 Å². The van der Waals surface area contributed by atoms with Gasteiger partial charge >= 0.3 is 6.18 Å². The van der Waals surface area contributed by atoms with E-state index in [1.165, 1.54) is 17.0 Å². The monoisotopic (exact) mass is 688 g/mol. The highest BCUT2D eigenvalue weighted by Gasteiger charge is 2.37. The Morgan fingerprint density at radius 2 is 1.66 bits per heavy atom. The fourth-order valence-electron chi connectivity index (χ4n) is 5.67. The molecule has 1 saturated heterocycles. The molecule has 3 aromatic carbocycles. The van der Waals surface area contributed by atoms with Crippen LogP contribution in [-0.4, -0.2) is 77.8 Å². The molecule has 0 aliphatic carbocycles. The summed E-state index contributed by atoms with van der Waals surface area (Å²) in [4.78, 5) is 41.3. The van der Waals surface area contributed by atoms with E-state index in [1.807, 2.05) is 60.7 Å². The number of hydrogen-bond acceptors (Lipinski definition) is 6. The molecule has 3 amide bonds. The van der Waals surface area contributed by atoms with Crippen molar-refractivity contribution in [3.05, 3.63) is 126 Å². The van der Waals surface area contributed by atoms with Crippen LogP contribution in [0.3, 0.4) is 0 Å². The van der Waals surface area contributed by atoms with Gasteiger partial charge in [-0.2, -0.15) is 18.3 Å². The minimum atomic E-state index is -4.56. The Morgan fingerprint density at radius 3 is 2.32 bits per heavy atom. The van der Waals surface area contributed by atoms with Crippen LogP contribution < -0.4 is 15.5 Å². The number of benzene rings is 3. The Morgan fingerprint density at radius 1 is 0.980 bits per heavy atom. The lowest BCUT2D eigenvalue weighted by atomic mass is 10.0. The maximum absolute atomic E-state index is 13.1. The molecule has 0 saturated carbocycles. The van der Waals surface area contributed by atoms with Crippen LogP contribution in [0.15, 0.2) is 103 Å². The van der Waals surface area contributed by atoms with E-state index in [0.717, 1.165) is 55.3 Å². The predicted octanol–water partition coefficient (Wildman–Crippen LogP) is 4.79. The van der Waals surface area contributed by atoms with E-state index in [0.29, 0.717) is 31.0 Å².